The first-order valence-corrected chi connectivity index (χ1v) is 9.97. The first kappa shape index (κ1) is 19.5. The maximum Gasteiger partial charge on any atom is 0.191 e. The summed E-state index contributed by atoms with van der Waals surface area (Å²) in [5.41, 5.74) is 0.324. The van der Waals surface area contributed by atoms with Gasteiger partial charge in [0.25, 0.3) is 0 Å². The van der Waals surface area contributed by atoms with Gasteiger partial charge in [0.1, 0.15) is 0 Å². The molecule has 140 valence electrons. The van der Waals surface area contributed by atoms with Crippen LogP contribution in [0.4, 0.5) is 0 Å². The summed E-state index contributed by atoms with van der Waals surface area (Å²) in [4.78, 5) is 4.89. The molecule has 2 fully saturated rings. The number of hydrogen-bond donors (Lipinski definition) is 3. The van der Waals surface area contributed by atoms with Crippen LogP contribution in [-0.2, 0) is 4.74 Å². The molecule has 2 unspecified atom stereocenters. The van der Waals surface area contributed by atoms with Crippen molar-refractivity contribution in [3.8, 4) is 0 Å². The van der Waals surface area contributed by atoms with Gasteiger partial charge < -0.3 is 20.5 Å². The van der Waals surface area contributed by atoms with Crippen LogP contribution < -0.4 is 10.6 Å². The largest absolute Gasteiger partial charge is 0.393 e. The van der Waals surface area contributed by atoms with Gasteiger partial charge in [0.05, 0.1) is 6.10 Å². The number of aliphatic hydroxyl groups is 1. The Morgan fingerprint density at radius 2 is 1.96 bits per heavy atom. The third-order valence-corrected chi connectivity index (χ3v) is 5.71. The van der Waals surface area contributed by atoms with E-state index in [-0.39, 0.29) is 6.10 Å². The zero-order valence-electron chi connectivity index (χ0n) is 15.6. The Labute approximate surface area is 147 Å². The molecule has 2 rings (SSSR count). The maximum absolute atomic E-state index is 9.98. The molecule has 5 nitrogen and oxygen atoms in total. The number of nitrogens with one attached hydrogen (secondary N) is 2. The number of hydrogen-bond acceptors (Lipinski definition) is 3. The summed E-state index contributed by atoms with van der Waals surface area (Å²) in [5.74, 6) is 1.27. The van der Waals surface area contributed by atoms with Crippen molar-refractivity contribution in [3.05, 3.63) is 0 Å². The van der Waals surface area contributed by atoms with Crippen molar-refractivity contribution in [2.45, 2.75) is 71.3 Å². The van der Waals surface area contributed by atoms with Gasteiger partial charge in [0.15, 0.2) is 5.96 Å². The fraction of sp³-hybridized carbons (Fsp3) is 0.947. The van der Waals surface area contributed by atoms with Crippen LogP contribution >= 0.6 is 0 Å². The molecule has 2 atom stereocenters. The average molecular weight is 340 g/mol. The van der Waals surface area contributed by atoms with Crippen molar-refractivity contribution in [3.63, 3.8) is 0 Å². The molecule has 0 aromatic rings. The lowest BCUT2D eigenvalue weighted by molar-refractivity contribution is 0.107. The van der Waals surface area contributed by atoms with E-state index in [1.807, 2.05) is 0 Å². The van der Waals surface area contributed by atoms with Crippen LogP contribution in [0.3, 0.4) is 0 Å². The second kappa shape index (κ2) is 10.2. The molecule has 0 amide bonds. The number of nitrogens with zero attached hydrogens (tertiary/aromatic N) is 1. The predicted octanol–water partition coefficient (Wildman–Crippen LogP) is 2.69. The molecular weight excluding hydrogens is 302 g/mol. The van der Waals surface area contributed by atoms with E-state index in [0.717, 1.165) is 64.5 Å². The topological polar surface area (TPSA) is 65.9 Å². The molecule has 0 heterocycles. The van der Waals surface area contributed by atoms with Crippen molar-refractivity contribution >= 4 is 5.96 Å². The first-order chi connectivity index (χ1) is 11.7. The normalized spacial score (nSPS) is 26.7. The number of ether oxygens (including phenoxy) is 1. The average Bonchev–Trinajstić information content (AvgIpc) is 3.20. The highest BCUT2D eigenvalue weighted by Gasteiger charge is 2.33. The van der Waals surface area contributed by atoms with Crippen molar-refractivity contribution in [1.82, 2.24) is 10.6 Å². The highest BCUT2D eigenvalue weighted by molar-refractivity contribution is 5.79. The van der Waals surface area contributed by atoms with E-state index in [2.05, 4.69) is 24.5 Å². The van der Waals surface area contributed by atoms with Crippen LogP contribution in [0.2, 0.25) is 0 Å². The number of aliphatic imine (C=N–C) groups is 1. The van der Waals surface area contributed by atoms with E-state index in [4.69, 9.17) is 9.73 Å². The van der Waals surface area contributed by atoms with Crippen LogP contribution in [0.1, 0.15) is 65.2 Å². The zero-order valence-corrected chi connectivity index (χ0v) is 15.6. The fourth-order valence-electron chi connectivity index (χ4n) is 4.12. The van der Waals surface area contributed by atoms with Crippen LogP contribution in [-0.4, -0.2) is 50.0 Å². The highest BCUT2D eigenvalue weighted by atomic mass is 16.5. The number of rotatable bonds is 9. The molecule has 3 N–H and O–H groups in total. The Morgan fingerprint density at radius 3 is 2.58 bits per heavy atom. The van der Waals surface area contributed by atoms with Crippen molar-refractivity contribution in [1.29, 1.82) is 0 Å². The van der Waals surface area contributed by atoms with E-state index in [0.29, 0.717) is 11.3 Å². The van der Waals surface area contributed by atoms with Gasteiger partial charge in [-0.3, -0.25) is 4.99 Å². The van der Waals surface area contributed by atoms with Gasteiger partial charge in [-0.05, 0) is 51.4 Å². The summed E-state index contributed by atoms with van der Waals surface area (Å²) >= 11 is 0. The molecule has 0 bridgehead atoms. The second-order valence-electron chi connectivity index (χ2n) is 7.49. The molecule has 0 aromatic heterocycles. The Morgan fingerprint density at radius 1 is 1.17 bits per heavy atom. The molecule has 2 aliphatic rings. The standard InChI is InChI=1S/C19H37N3O2/c1-3-20-18(21-14-16-8-7-9-17(16)23)22-15-19(10-5-6-11-19)12-13-24-4-2/h16-17,23H,3-15H2,1-2H3,(H2,20,21,22). The molecule has 24 heavy (non-hydrogen) atoms. The van der Waals surface area contributed by atoms with Crippen molar-refractivity contribution < 1.29 is 9.84 Å². The quantitative estimate of drug-likeness (QED) is 0.343. The molecule has 0 saturated heterocycles. The molecule has 0 aromatic carbocycles. The summed E-state index contributed by atoms with van der Waals surface area (Å²) in [6.45, 7) is 8.37. The van der Waals surface area contributed by atoms with E-state index >= 15 is 0 Å². The molecule has 5 heteroatoms. The summed E-state index contributed by atoms with van der Waals surface area (Å²) in [7, 11) is 0. The van der Waals surface area contributed by atoms with Gasteiger partial charge in [0.2, 0.25) is 0 Å². The highest BCUT2D eigenvalue weighted by Crippen LogP contribution is 2.41. The first-order valence-electron chi connectivity index (χ1n) is 9.97. The molecule has 0 spiro atoms. The van der Waals surface area contributed by atoms with Gasteiger partial charge in [-0.1, -0.05) is 19.3 Å². The molecule has 2 aliphatic carbocycles. The minimum Gasteiger partial charge on any atom is -0.393 e. The van der Waals surface area contributed by atoms with Crippen LogP contribution in [0.25, 0.3) is 0 Å². The lowest BCUT2D eigenvalue weighted by Crippen LogP contribution is -2.41. The van der Waals surface area contributed by atoms with Crippen LogP contribution in [0.5, 0.6) is 0 Å². The lowest BCUT2D eigenvalue weighted by atomic mass is 9.83. The third kappa shape index (κ3) is 5.92. The van der Waals surface area contributed by atoms with Gasteiger partial charge in [-0.25, -0.2) is 0 Å². The van der Waals surface area contributed by atoms with E-state index < -0.39 is 0 Å². The van der Waals surface area contributed by atoms with Gasteiger partial charge in [-0.2, -0.15) is 0 Å². The summed E-state index contributed by atoms with van der Waals surface area (Å²) in [6.07, 6.45) is 9.35. The molecule has 0 radical (unpaired) electrons. The van der Waals surface area contributed by atoms with E-state index in [1.165, 1.54) is 25.7 Å². The van der Waals surface area contributed by atoms with E-state index in [9.17, 15) is 5.11 Å². The van der Waals surface area contributed by atoms with Gasteiger partial charge in [-0.15, -0.1) is 0 Å². The zero-order chi connectivity index (χ0) is 17.3. The monoisotopic (exact) mass is 339 g/mol. The molecule has 2 saturated carbocycles. The second-order valence-corrected chi connectivity index (χ2v) is 7.49. The Hall–Kier alpha value is -0.810. The van der Waals surface area contributed by atoms with Crippen LogP contribution in [0.15, 0.2) is 4.99 Å². The van der Waals surface area contributed by atoms with Crippen molar-refractivity contribution in [2.75, 3.05) is 32.8 Å². The Balaban J connectivity index is 1.87. The number of guanidine groups is 1. The summed E-state index contributed by atoms with van der Waals surface area (Å²) < 4.78 is 5.59. The van der Waals surface area contributed by atoms with Gasteiger partial charge in [0, 0.05) is 38.8 Å². The van der Waals surface area contributed by atoms with E-state index in [1.54, 1.807) is 0 Å². The summed E-state index contributed by atoms with van der Waals surface area (Å²) in [6, 6.07) is 0. The molecule has 0 aliphatic heterocycles. The minimum atomic E-state index is -0.146. The Bertz CT molecular complexity index is 381. The lowest BCUT2D eigenvalue weighted by Gasteiger charge is -2.27. The van der Waals surface area contributed by atoms with Crippen molar-refractivity contribution in [2.24, 2.45) is 16.3 Å². The number of aliphatic hydroxyl groups excluding tert-OH is 1. The Kier molecular flexibility index (Phi) is 8.33. The minimum absolute atomic E-state index is 0.146. The predicted molar refractivity (Wildman–Crippen MR) is 99.3 cm³/mol. The van der Waals surface area contributed by atoms with Crippen LogP contribution in [0, 0.1) is 11.3 Å². The smallest absolute Gasteiger partial charge is 0.191 e. The van der Waals surface area contributed by atoms with Gasteiger partial charge >= 0.3 is 0 Å². The molecular formula is C19H37N3O2. The third-order valence-electron chi connectivity index (χ3n) is 5.71. The maximum atomic E-state index is 9.98. The summed E-state index contributed by atoms with van der Waals surface area (Å²) in [5, 5.41) is 16.8. The SMILES string of the molecule is CCNC(=NCC1(CCOCC)CCCC1)NCC1CCCC1O. The fourth-order valence-corrected chi connectivity index (χ4v) is 4.12.